The Morgan fingerprint density at radius 2 is 1.67 bits per heavy atom. The lowest BCUT2D eigenvalue weighted by atomic mass is 10.3. The quantitative estimate of drug-likeness (QED) is 0.746. The predicted molar refractivity (Wildman–Crippen MR) is 71.0 cm³/mol. The molecule has 0 fully saturated rings. The molecule has 0 spiro atoms. The van der Waals surface area contributed by atoms with Crippen molar-refractivity contribution >= 4 is 5.91 Å². The average Bonchev–Trinajstić information content (AvgIpc) is 2.41. The molecule has 0 unspecified atom stereocenters. The Bertz CT molecular complexity index is 358. The molecule has 0 aromatic heterocycles. The normalized spacial score (nSPS) is 9.94. The molecule has 1 aromatic carbocycles. The molecule has 0 aliphatic heterocycles. The van der Waals surface area contributed by atoms with Crippen molar-refractivity contribution in [3.63, 3.8) is 0 Å². The number of methoxy groups -OCH3 is 1. The van der Waals surface area contributed by atoms with Crippen molar-refractivity contribution in [1.82, 2.24) is 4.90 Å². The fraction of sp³-hybridized carbons (Fsp3) is 0.500. The van der Waals surface area contributed by atoms with Crippen LogP contribution in [0.25, 0.3) is 0 Å². The third-order valence-electron chi connectivity index (χ3n) is 2.76. The van der Waals surface area contributed by atoms with Gasteiger partial charge in [-0.1, -0.05) is 0 Å². The lowest BCUT2D eigenvalue weighted by Crippen LogP contribution is -2.31. The van der Waals surface area contributed by atoms with Crippen molar-refractivity contribution in [3.8, 4) is 11.5 Å². The van der Waals surface area contributed by atoms with Gasteiger partial charge >= 0.3 is 0 Å². The average molecular weight is 251 g/mol. The van der Waals surface area contributed by atoms with Crippen LogP contribution < -0.4 is 9.47 Å². The van der Waals surface area contributed by atoms with E-state index in [0.717, 1.165) is 24.6 Å². The summed E-state index contributed by atoms with van der Waals surface area (Å²) in [6.07, 6.45) is 0.410. The minimum Gasteiger partial charge on any atom is -0.497 e. The van der Waals surface area contributed by atoms with Crippen LogP contribution in [0.4, 0.5) is 0 Å². The third-order valence-corrected chi connectivity index (χ3v) is 2.76. The topological polar surface area (TPSA) is 38.8 Å². The van der Waals surface area contributed by atoms with E-state index in [0.29, 0.717) is 13.0 Å². The van der Waals surface area contributed by atoms with E-state index < -0.39 is 0 Å². The van der Waals surface area contributed by atoms with Crippen LogP contribution in [0.3, 0.4) is 0 Å². The molecule has 4 nitrogen and oxygen atoms in total. The molecule has 0 bridgehead atoms. The SMILES string of the molecule is CCN(CC)C(=O)CCOc1ccc(OC)cc1. The van der Waals surface area contributed by atoms with Gasteiger partial charge in [0.1, 0.15) is 11.5 Å². The van der Waals surface area contributed by atoms with Gasteiger partial charge < -0.3 is 14.4 Å². The third kappa shape index (κ3) is 4.28. The van der Waals surface area contributed by atoms with Crippen LogP contribution in [-0.2, 0) is 4.79 Å². The van der Waals surface area contributed by atoms with Gasteiger partial charge in [-0.3, -0.25) is 4.79 Å². The van der Waals surface area contributed by atoms with Crippen LogP contribution in [0, 0.1) is 0 Å². The number of ether oxygens (including phenoxy) is 2. The lowest BCUT2D eigenvalue weighted by molar-refractivity contribution is -0.131. The molecule has 100 valence electrons. The van der Waals surface area contributed by atoms with E-state index >= 15 is 0 Å². The number of nitrogens with zero attached hydrogens (tertiary/aromatic N) is 1. The fourth-order valence-electron chi connectivity index (χ4n) is 1.66. The Labute approximate surface area is 108 Å². The maximum atomic E-state index is 11.7. The number of amides is 1. The molecule has 0 aliphatic rings. The zero-order valence-electron chi connectivity index (χ0n) is 11.3. The van der Waals surface area contributed by atoms with Crippen LogP contribution in [0.1, 0.15) is 20.3 Å². The van der Waals surface area contributed by atoms with Crippen LogP contribution in [-0.4, -0.2) is 37.6 Å². The second kappa shape index (κ2) is 7.58. The van der Waals surface area contributed by atoms with Crippen LogP contribution in [0.5, 0.6) is 11.5 Å². The Morgan fingerprint density at radius 1 is 1.11 bits per heavy atom. The highest BCUT2D eigenvalue weighted by molar-refractivity contribution is 5.76. The standard InChI is InChI=1S/C14H21NO3/c1-4-15(5-2)14(16)10-11-18-13-8-6-12(17-3)7-9-13/h6-9H,4-5,10-11H2,1-3H3. The minimum atomic E-state index is 0.133. The first kappa shape index (κ1) is 14.4. The highest BCUT2D eigenvalue weighted by atomic mass is 16.5. The van der Waals surface area contributed by atoms with Gasteiger partial charge in [-0.25, -0.2) is 0 Å². The van der Waals surface area contributed by atoms with Crippen molar-refractivity contribution in [2.75, 3.05) is 26.8 Å². The smallest absolute Gasteiger partial charge is 0.225 e. The van der Waals surface area contributed by atoms with Gasteiger partial charge in [-0.05, 0) is 38.1 Å². The number of benzene rings is 1. The van der Waals surface area contributed by atoms with Gasteiger partial charge in [0.25, 0.3) is 0 Å². The van der Waals surface area contributed by atoms with Crippen molar-refractivity contribution in [3.05, 3.63) is 24.3 Å². The Hall–Kier alpha value is -1.71. The Balaban J connectivity index is 2.34. The van der Waals surface area contributed by atoms with Crippen molar-refractivity contribution in [2.45, 2.75) is 20.3 Å². The number of carbonyl (C=O) groups excluding carboxylic acids is 1. The number of carbonyl (C=O) groups is 1. The van der Waals surface area contributed by atoms with Crippen molar-refractivity contribution in [1.29, 1.82) is 0 Å². The van der Waals surface area contributed by atoms with Gasteiger partial charge in [0, 0.05) is 13.1 Å². The monoisotopic (exact) mass is 251 g/mol. The second-order valence-corrected chi connectivity index (χ2v) is 3.84. The van der Waals surface area contributed by atoms with Crippen LogP contribution in [0.2, 0.25) is 0 Å². The molecule has 1 amide bonds. The summed E-state index contributed by atoms with van der Waals surface area (Å²) in [7, 11) is 1.62. The summed E-state index contributed by atoms with van der Waals surface area (Å²) >= 11 is 0. The summed E-state index contributed by atoms with van der Waals surface area (Å²) in [5, 5.41) is 0. The molecular formula is C14H21NO3. The molecule has 0 saturated carbocycles. The maximum Gasteiger partial charge on any atom is 0.225 e. The summed E-state index contributed by atoms with van der Waals surface area (Å²) in [5.41, 5.74) is 0. The van der Waals surface area contributed by atoms with E-state index in [2.05, 4.69) is 0 Å². The number of rotatable bonds is 7. The highest BCUT2D eigenvalue weighted by Gasteiger charge is 2.08. The summed E-state index contributed by atoms with van der Waals surface area (Å²) < 4.78 is 10.6. The van der Waals surface area contributed by atoms with E-state index in [1.165, 1.54) is 0 Å². The first-order chi connectivity index (χ1) is 8.71. The molecule has 0 radical (unpaired) electrons. The molecule has 0 aliphatic carbocycles. The van der Waals surface area contributed by atoms with Gasteiger partial charge in [0.2, 0.25) is 5.91 Å². The first-order valence-corrected chi connectivity index (χ1v) is 6.25. The summed E-state index contributed by atoms with van der Waals surface area (Å²) in [5.74, 6) is 1.68. The maximum absolute atomic E-state index is 11.7. The van der Waals surface area contributed by atoms with Gasteiger partial charge in [-0.15, -0.1) is 0 Å². The van der Waals surface area contributed by atoms with E-state index in [9.17, 15) is 4.79 Å². The van der Waals surface area contributed by atoms with E-state index in [-0.39, 0.29) is 5.91 Å². The van der Waals surface area contributed by atoms with Gasteiger partial charge in [0.05, 0.1) is 20.1 Å². The molecule has 18 heavy (non-hydrogen) atoms. The number of hydrogen-bond acceptors (Lipinski definition) is 3. The van der Waals surface area contributed by atoms with Gasteiger partial charge in [0.15, 0.2) is 0 Å². The summed E-state index contributed by atoms with van der Waals surface area (Å²) in [6.45, 7) is 5.86. The summed E-state index contributed by atoms with van der Waals surface area (Å²) in [6, 6.07) is 7.34. The molecule has 0 N–H and O–H groups in total. The lowest BCUT2D eigenvalue weighted by Gasteiger charge is -2.18. The van der Waals surface area contributed by atoms with E-state index in [4.69, 9.17) is 9.47 Å². The van der Waals surface area contributed by atoms with E-state index in [1.54, 1.807) is 12.0 Å². The Morgan fingerprint density at radius 3 is 2.17 bits per heavy atom. The molecule has 0 heterocycles. The molecule has 0 saturated heterocycles. The molecular weight excluding hydrogens is 230 g/mol. The number of hydrogen-bond donors (Lipinski definition) is 0. The Kier molecular flexibility index (Phi) is 6.05. The zero-order valence-corrected chi connectivity index (χ0v) is 11.3. The second-order valence-electron chi connectivity index (χ2n) is 3.84. The van der Waals surface area contributed by atoms with E-state index in [1.807, 2.05) is 38.1 Å². The van der Waals surface area contributed by atoms with Crippen LogP contribution >= 0.6 is 0 Å². The van der Waals surface area contributed by atoms with Crippen molar-refractivity contribution in [2.24, 2.45) is 0 Å². The highest BCUT2D eigenvalue weighted by Crippen LogP contribution is 2.17. The summed E-state index contributed by atoms with van der Waals surface area (Å²) in [4.78, 5) is 13.5. The van der Waals surface area contributed by atoms with Crippen molar-refractivity contribution < 1.29 is 14.3 Å². The minimum absolute atomic E-state index is 0.133. The predicted octanol–water partition coefficient (Wildman–Crippen LogP) is 2.33. The molecule has 0 atom stereocenters. The molecule has 1 aromatic rings. The first-order valence-electron chi connectivity index (χ1n) is 6.25. The van der Waals surface area contributed by atoms with Crippen LogP contribution in [0.15, 0.2) is 24.3 Å². The largest absolute Gasteiger partial charge is 0.497 e. The zero-order chi connectivity index (χ0) is 13.4. The molecule has 4 heteroatoms. The molecule has 1 rings (SSSR count). The van der Waals surface area contributed by atoms with Gasteiger partial charge in [-0.2, -0.15) is 0 Å². The fourth-order valence-corrected chi connectivity index (χ4v) is 1.66.